The average Bonchev–Trinajstić information content (AvgIpc) is 2.38. The molecule has 124 valence electrons. The first-order valence-electron chi connectivity index (χ1n) is 6.65. The average molecular weight is 329 g/mol. The number of hydrogen-bond donors (Lipinski definition) is 1. The second-order valence-electron chi connectivity index (χ2n) is 5.39. The summed E-state index contributed by atoms with van der Waals surface area (Å²) in [5.74, 6) is -1.29. The Balaban J connectivity index is 2.80. The Kier molecular flexibility index (Phi) is 6.06. The van der Waals surface area contributed by atoms with Gasteiger partial charge in [-0.1, -0.05) is 0 Å². The van der Waals surface area contributed by atoms with Crippen LogP contribution in [0.25, 0.3) is 0 Å². The van der Waals surface area contributed by atoms with Crippen molar-refractivity contribution in [3.63, 3.8) is 0 Å². The fourth-order valence-corrected chi connectivity index (χ4v) is 4.05. The molecule has 0 bridgehead atoms. The first kappa shape index (κ1) is 18.2. The molecule has 0 aliphatic carbocycles. The maximum Gasteiger partial charge on any atom is 0.309 e. The van der Waals surface area contributed by atoms with Gasteiger partial charge in [0.25, 0.3) is 0 Å². The molecule has 1 fully saturated rings. The van der Waals surface area contributed by atoms with Crippen molar-refractivity contribution in [3.05, 3.63) is 0 Å². The summed E-state index contributed by atoms with van der Waals surface area (Å²) in [7, 11) is -2.21. The number of aliphatic carboxylic acids is 1. The van der Waals surface area contributed by atoms with Crippen molar-refractivity contribution >= 4 is 16.0 Å². The van der Waals surface area contributed by atoms with E-state index in [1.807, 2.05) is 0 Å². The minimum atomic E-state index is -3.60. The van der Waals surface area contributed by atoms with Crippen LogP contribution >= 0.6 is 0 Å². The number of carbonyl (C=O) groups is 1. The maximum atomic E-state index is 12.6. The highest BCUT2D eigenvalue weighted by Gasteiger charge is 2.46. The quantitative estimate of drug-likeness (QED) is 0.758. The maximum absolute atomic E-state index is 12.6. The summed E-state index contributed by atoms with van der Waals surface area (Å²) in [6.45, 7) is 1.40. The highest BCUT2D eigenvalue weighted by atomic mass is 32.2. The first-order valence-corrected chi connectivity index (χ1v) is 8.15. The van der Waals surface area contributed by atoms with Crippen LogP contribution in [0.1, 0.15) is 26.2 Å². The first-order chi connectivity index (χ1) is 9.65. The molecule has 0 amide bonds. The molecule has 0 aromatic carbocycles. The smallest absolute Gasteiger partial charge is 0.309 e. The normalized spacial score (nSPS) is 21.4. The minimum Gasteiger partial charge on any atom is -0.481 e. The largest absolute Gasteiger partial charge is 0.481 e. The summed E-state index contributed by atoms with van der Waals surface area (Å²) in [6.07, 6.45) is -3.68. The van der Waals surface area contributed by atoms with E-state index in [1.54, 1.807) is 0 Å². The van der Waals surface area contributed by atoms with E-state index in [-0.39, 0.29) is 32.5 Å². The van der Waals surface area contributed by atoms with Crippen molar-refractivity contribution in [2.75, 3.05) is 26.8 Å². The van der Waals surface area contributed by atoms with Crippen LogP contribution in [0.3, 0.4) is 0 Å². The van der Waals surface area contributed by atoms with Crippen LogP contribution in [0.2, 0.25) is 0 Å². The Hall–Kier alpha value is -0.800. The highest BCUT2D eigenvalue weighted by Crippen LogP contribution is 2.38. The lowest BCUT2D eigenvalue weighted by Gasteiger charge is -2.38. The third kappa shape index (κ3) is 4.10. The van der Waals surface area contributed by atoms with Crippen molar-refractivity contribution < 1.29 is 31.8 Å². The Morgan fingerprint density at radius 3 is 2.29 bits per heavy atom. The highest BCUT2D eigenvalue weighted by molar-refractivity contribution is 7.89. The number of hydrogen-bond acceptors (Lipinski definition) is 4. The van der Waals surface area contributed by atoms with Crippen molar-refractivity contribution in [3.8, 4) is 0 Å². The van der Waals surface area contributed by atoms with Crippen LogP contribution in [-0.2, 0) is 19.6 Å². The van der Waals surface area contributed by atoms with E-state index in [4.69, 9.17) is 4.74 Å². The van der Waals surface area contributed by atoms with Gasteiger partial charge in [-0.25, -0.2) is 21.5 Å². The Bertz CT molecular complexity index is 460. The van der Waals surface area contributed by atoms with E-state index in [9.17, 15) is 27.1 Å². The van der Waals surface area contributed by atoms with Gasteiger partial charge in [-0.3, -0.25) is 4.79 Å². The fourth-order valence-electron chi connectivity index (χ4n) is 2.54. The molecule has 0 aromatic rings. The molecular formula is C12H21F2NO5S. The zero-order valence-electron chi connectivity index (χ0n) is 12.1. The summed E-state index contributed by atoms with van der Waals surface area (Å²) in [5, 5.41) is 8.44. The number of sulfonamides is 1. The monoisotopic (exact) mass is 329 g/mol. The van der Waals surface area contributed by atoms with Gasteiger partial charge in [0.1, 0.15) is 0 Å². The second kappa shape index (κ2) is 6.97. The third-order valence-corrected chi connectivity index (χ3v) is 6.19. The molecule has 0 spiro atoms. The number of carboxylic acid groups (broad SMARTS) is 1. The van der Waals surface area contributed by atoms with Gasteiger partial charge < -0.3 is 9.84 Å². The summed E-state index contributed by atoms with van der Waals surface area (Å²) in [6, 6.07) is 0. The lowest BCUT2D eigenvalue weighted by Crippen LogP contribution is -2.49. The molecule has 1 N–H and O–H groups in total. The molecule has 1 heterocycles. The molecule has 1 unspecified atom stereocenters. The van der Waals surface area contributed by atoms with Gasteiger partial charge in [0.05, 0.1) is 17.3 Å². The van der Waals surface area contributed by atoms with Gasteiger partial charge in [-0.05, 0) is 19.8 Å². The molecule has 1 aliphatic rings. The van der Waals surface area contributed by atoms with Crippen molar-refractivity contribution in [2.24, 2.45) is 5.41 Å². The summed E-state index contributed by atoms with van der Waals surface area (Å²) in [5.41, 5.74) is -1.54. The van der Waals surface area contributed by atoms with E-state index >= 15 is 0 Å². The van der Waals surface area contributed by atoms with Gasteiger partial charge in [-0.15, -0.1) is 0 Å². The van der Waals surface area contributed by atoms with Crippen molar-refractivity contribution in [1.29, 1.82) is 0 Å². The number of carboxylic acids is 1. The van der Waals surface area contributed by atoms with Crippen LogP contribution in [0, 0.1) is 5.41 Å². The van der Waals surface area contributed by atoms with Crippen molar-refractivity contribution in [2.45, 2.75) is 37.9 Å². The van der Waals surface area contributed by atoms with Gasteiger partial charge in [-0.2, -0.15) is 0 Å². The lowest BCUT2D eigenvalue weighted by atomic mass is 9.76. The van der Waals surface area contributed by atoms with Gasteiger partial charge in [0.2, 0.25) is 16.4 Å². The second-order valence-corrected chi connectivity index (χ2v) is 7.74. The molecule has 9 heteroatoms. The number of methoxy groups -OCH3 is 1. The number of rotatable bonds is 7. The summed E-state index contributed by atoms with van der Waals surface area (Å²) in [4.78, 5) is 11.3. The zero-order chi connectivity index (χ0) is 16.3. The summed E-state index contributed by atoms with van der Waals surface area (Å²) >= 11 is 0. The van der Waals surface area contributed by atoms with Crippen LogP contribution < -0.4 is 0 Å². The molecule has 1 saturated heterocycles. The van der Waals surface area contributed by atoms with Crippen molar-refractivity contribution in [1.82, 2.24) is 4.31 Å². The molecular weight excluding hydrogens is 308 g/mol. The molecule has 0 aromatic heterocycles. The van der Waals surface area contributed by atoms with Crippen LogP contribution in [0.4, 0.5) is 8.78 Å². The fraction of sp³-hybridized carbons (Fsp3) is 0.917. The third-order valence-electron chi connectivity index (χ3n) is 3.95. The summed E-state index contributed by atoms with van der Waals surface area (Å²) < 4.78 is 55.6. The predicted molar refractivity (Wildman–Crippen MR) is 71.8 cm³/mol. The molecule has 6 nitrogen and oxygen atoms in total. The molecule has 0 saturated carbocycles. The number of piperidine rings is 1. The molecule has 0 radical (unpaired) electrons. The van der Waals surface area contributed by atoms with Gasteiger partial charge in [0, 0.05) is 26.6 Å². The molecule has 1 atom stereocenters. The van der Waals surface area contributed by atoms with Crippen LogP contribution in [0.15, 0.2) is 0 Å². The Morgan fingerprint density at radius 1 is 1.38 bits per heavy atom. The zero-order valence-corrected chi connectivity index (χ0v) is 12.9. The van der Waals surface area contributed by atoms with Crippen LogP contribution in [-0.4, -0.2) is 62.3 Å². The van der Waals surface area contributed by atoms with E-state index in [0.29, 0.717) is 0 Å². The minimum absolute atomic E-state index is 0.0277. The number of nitrogens with zero attached hydrogens (tertiary/aromatic N) is 1. The van der Waals surface area contributed by atoms with E-state index in [1.165, 1.54) is 18.3 Å². The van der Waals surface area contributed by atoms with Gasteiger partial charge in [0.15, 0.2) is 0 Å². The Morgan fingerprint density at radius 2 is 1.90 bits per heavy atom. The van der Waals surface area contributed by atoms with Gasteiger partial charge >= 0.3 is 5.97 Å². The Labute approximate surface area is 123 Å². The number of halogens is 2. The lowest BCUT2D eigenvalue weighted by molar-refractivity contribution is -0.154. The molecule has 1 aliphatic heterocycles. The SMILES string of the molecule is COCC(C)S(=O)(=O)N1CCC(CC(F)F)(C(=O)O)CC1. The van der Waals surface area contributed by atoms with Crippen LogP contribution in [0.5, 0.6) is 0 Å². The predicted octanol–water partition coefficient (Wildman–Crippen LogP) is 1.17. The van der Waals surface area contributed by atoms with E-state index in [0.717, 1.165) is 0 Å². The number of ether oxygens (including phenoxy) is 1. The van der Waals surface area contributed by atoms with E-state index in [2.05, 4.69) is 0 Å². The molecule has 1 rings (SSSR count). The standard InChI is InChI=1S/C12H21F2NO5S/c1-9(8-20-2)21(18,19)15-5-3-12(4-6-15,11(16)17)7-10(13)14/h9-10H,3-8H2,1-2H3,(H,16,17). The number of alkyl halides is 2. The van der Waals surface area contributed by atoms with E-state index < -0.39 is 39.5 Å². The molecule has 21 heavy (non-hydrogen) atoms. The topological polar surface area (TPSA) is 83.9 Å².